The second-order valence-corrected chi connectivity index (χ2v) is 9.93. The predicted molar refractivity (Wildman–Crippen MR) is 122 cm³/mol. The molecule has 0 saturated heterocycles. The molecule has 3 rings (SSSR count). The summed E-state index contributed by atoms with van der Waals surface area (Å²) in [5.74, 6) is 0.799. The van der Waals surface area contributed by atoms with E-state index in [9.17, 15) is 13.2 Å². The molecule has 0 fully saturated rings. The molecule has 0 atom stereocenters. The molecule has 1 aromatic heterocycles. The predicted octanol–water partition coefficient (Wildman–Crippen LogP) is 3.99. The van der Waals surface area contributed by atoms with Gasteiger partial charge in [0.05, 0.1) is 23.8 Å². The van der Waals surface area contributed by atoms with E-state index in [4.69, 9.17) is 9.47 Å². The number of nitrogens with one attached hydrogen (secondary N) is 1. The van der Waals surface area contributed by atoms with Crippen LogP contribution in [0.2, 0.25) is 0 Å². The zero-order valence-corrected chi connectivity index (χ0v) is 19.5. The van der Waals surface area contributed by atoms with Crippen LogP contribution in [-0.2, 0) is 10.0 Å². The number of hydrogen-bond donors (Lipinski definition) is 1. The fraction of sp³-hybridized carbons (Fsp3) is 0.333. The van der Waals surface area contributed by atoms with Gasteiger partial charge in [-0.15, -0.1) is 0 Å². The fourth-order valence-electron chi connectivity index (χ4n) is 2.93. The smallest absolute Gasteiger partial charge is 0.257 e. The SMILES string of the molecule is CCCCN(C)S(=O)(=O)c1ccc(C(=O)Nc2nc3c(OC)cc(OC)cc3s2)cc1. The number of aromatic nitrogens is 1. The Morgan fingerprint density at radius 1 is 1.16 bits per heavy atom. The minimum absolute atomic E-state index is 0.152. The summed E-state index contributed by atoms with van der Waals surface area (Å²) in [7, 11) is 1.09. The molecule has 31 heavy (non-hydrogen) atoms. The van der Waals surface area contributed by atoms with Crippen LogP contribution in [0.3, 0.4) is 0 Å². The Morgan fingerprint density at radius 3 is 2.48 bits per heavy atom. The van der Waals surface area contributed by atoms with Crippen molar-refractivity contribution in [2.24, 2.45) is 0 Å². The highest BCUT2D eigenvalue weighted by atomic mass is 32.2. The van der Waals surface area contributed by atoms with Gasteiger partial charge < -0.3 is 9.47 Å². The Bertz CT molecular complexity index is 1170. The number of unbranched alkanes of at least 4 members (excludes halogenated alkanes) is 1. The van der Waals surface area contributed by atoms with Crippen LogP contribution < -0.4 is 14.8 Å². The van der Waals surface area contributed by atoms with Crippen molar-refractivity contribution >= 4 is 42.6 Å². The summed E-state index contributed by atoms with van der Waals surface area (Å²) in [5.41, 5.74) is 0.958. The molecule has 2 aromatic carbocycles. The molecule has 0 aliphatic carbocycles. The van der Waals surface area contributed by atoms with Gasteiger partial charge in [0.1, 0.15) is 17.0 Å². The first-order valence-corrected chi connectivity index (χ1v) is 12.0. The highest BCUT2D eigenvalue weighted by Gasteiger charge is 2.21. The van der Waals surface area contributed by atoms with Crippen molar-refractivity contribution in [3.63, 3.8) is 0 Å². The highest BCUT2D eigenvalue weighted by molar-refractivity contribution is 7.89. The third kappa shape index (κ3) is 4.97. The van der Waals surface area contributed by atoms with Crippen LogP contribution in [0.5, 0.6) is 11.5 Å². The van der Waals surface area contributed by atoms with E-state index >= 15 is 0 Å². The van der Waals surface area contributed by atoms with E-state index in [1.165, 1.54) is 39.9 Å². The van der Waals surface area contributed by atoms with E-state index in [-0.39, 0.29) is 10.8 Å². The third-order valence-corrected chi connectivity index (χ3v) is 7.55. The maximum absolute atomic E-state index is 12.6. The van der Waals surface area contributed by atoms with Crippen LogP contribution in [0.25, 0.3) is 10.2 Å². The quantitative estimate of drug-likeness (QED) is 0.515. The number of ether oxygens (including phenoxy) is 2. The van der Waals surface area contributed by atoms with E-state index in [0.717, 1.165) is 17.5 Å². The summed E-state index contributed by atoms with van der Waals surface area (Å²) in [6, 6.07) is 9.42. The first kappa shape index (κ1) is 23.0. The molecule has 10 heteroatoms. The van der Waals surface area contributed by atoms with Crippen LogP contribution in [0, 0.1) is 0 Å². The molecule has 1 amide bonds. The number of sulfonamides is 1. The second-order valence-electron chi connectivity index (χ2n) is 6.85. The number of nitrogens with zero attached hydrogens (tertiary/aromatic N) is 2. The largest absolute Gasteiger partial charge is 0.497 e. The summed E-state index contributed by atoms with van der Waals surface area (Å²) in [6.45, 7) is 2.46. The van der Waals surface area contributed by atoms with Gasteiger partial charge in [-0.05, 0) is 36.8 Å². The van der Waals surface area contributed by atoms with Crippen LogP contribution in [0.15, 0.2) is 41.3 Å². The Hall–Kier alpha value is -2.69. The molecule has 1 heterocycles. The highest BCUT2D eigenvalue weighted by Crippen LogP contribution is 2.36. The molecule has 0 radical (unpaired) electrons. The Balaban J connectivity index is 1.78. The van der Waals surface area contributed by atoms with Crippen LogP contribution >= 0.6 is 11.3 Å². The molecule has 1 N–H and O–H groups in total. The molecule has 0 aliphatic heterocycles. The minimum Gasteiger partial charge on any atom is -0.497 e. The van der Waals surface area contributed by atoms with Crippen LogP contribution in [0.1, 0.15) is 30.1 Å². The third-order valence-electron chi connectivity index (χ3n) is 4.76. The number of anilines is 1. The average molecular weight is 464 g/mol. The number of hydrogen-bond acceptors (Lipinski definition) is 7. The lowest BCUT2D eigenvalue weighted by molar-refractivity contribution is 0.102. The van der Waals surface area contributed by atoms with Gasteiger partial charge in [0.25, 0.3) is 5.91 Å². The molecular formula is C21H25N3O5S2. The molecule has 0 bridgehead atoms. The van der Waals surface area contributed by atoms with E-state index in [1.54, 1.807) is 27.3 Å². The summed E-state index contributed by atoms with van der Waals surface area (Å²) >= 11 is 1.29. The lowest BCUT2D eigenvalue weighted by atomic mass is 10.2. The van der Waals surface area contributed by atoms with E-state index < -0.39 is 10.0 Å². The number of rotatable bonds is 9. The zero-order chi connectivity index (χ0) is 22.6. The average Bonchev–Trinajstić information content (AvgIpc) is 3.18. The number of fused-ring (bicyclic) bond motifs is 1. The normalized spacial score (nSPS) is 11.6. The number of benzene rings is 2. The monoisotopic (exact) mass is 463 g/mol. The van der Waals surface area contributed by atoms with Crippen molar-refractivity contribution < 1.29 is 22.7 Å². The molecule has 0 aliphatic rings. The van der Waals surface area contributed by atoms with Gasteiger partial charge in [-0.2, -0.15) is 0 Å². The van der Waals surface area contributed by atoms with Crippen molar-refractivity contribution in [2.45, 2.75) is 24.7 Å². The Labute approximate surface area is 185 Å². The maximum Gasteiger partial charge on any atom is 0.257 e. The standard InChI is InChI=1S/C21H25N3O5S2/c1-5-6-11-24(2)31(26,27)16-9-7-14(8-10-16)20(25)23-21-22-19-17(29-4)12-15(28-3)13-18(19)30-21/h7-10,12-13H,5-6,11H2,1-4H3,(H,22,23,25). The van der Waals surface area contributed by atoms with Crippen LogP contribution in [0.4, 0.5) is 5.13 Å². The van der Waals surface area contributed by atoms with Crippen molar-refractivity contribution in [1.82, 2.24) is 9.29 Å². The topological polar surface area (TPSA) is 97.8 Å². The van der Waals surface area contributed by atoms with Gasteiger partial charge in [0, 0.05) is 25.2 Å². The number of methoxy groups -OCH3 is 2. The maximum atomic E-state index is 12.6. The van der Waals surface area contributed by atoms with Gasteiger partial charge in [0.15, 0.2) is 5.13 Å². The van der Waals surface area contributed by atoms with Gasteiger partial charge in [0.2, 0.25) is 10.0 Å². The second kappa shape index (κ2) is 9.63. The molecule has 0 spiro atoms. The van der Waals surface area contributed by atoms with Gasteiger partial charge in [-0.3, -0.25) is 10.1 Å². The lowest BCUT2D eigenvalue weighted by Gasteiger charge is -2.16. The molecule has 166 valence electrons. The Kier molecular flexibility index (Phi) is 7.14. The summed E-state index contributed by atoms with van der Waals surface area (Å²) in [4.78, 5) is 17.2. The van der Waals surface area contributed by atoms with Gasteiger partial charge in [-0.1, -0.05) is 24.7 Å². The van der Waals surface area contributed by atoms with E-state index in [2.05, 4.69) is 10.3 Å². The molecule has 8 nitrogen and oxygen atoms in total. The number of amides is 1. The first-order chi connectivity index (χ1) is 14.8. The minimum atomic E-state index is -3.58. The summed E-state index contributed by atoms with van der Waals surface area (Å²) < 4.78 is 38.0. The summed E-state index contributed by atoms with van der Waals surface area (Å²) in [5, 5.41) is 3.16. The number of carbonyl (C=O) groups excluding carboxylic acids is 1. The van der Waals surface area contributed by atoms with Crippen molar-refractivity contribution in [1.29, 1.82) is 0 Å². The van der Waals surface area contributed by atoms with Crippen molar-refractivity contribution in [2.75, 3.05) is 33.1 Å². The Morgan fingerprint density at radius 2 is 1.87 bits per heavy atom. The number of thiazole rings is 1. The van der Waals surface area contributed by atoms with Crippen molar-refractivity contribution in [3.05, 3.63) is 42.0 Å². The molecule has 0 unspecified atom stereocenters. The van der Waals surface area contributed by atoms with Crippen LogP contribution in [-0.4, -0.2) is 51.4 Å². The van der Waals surface area contributed by atoms with Gasteiger partial charge in [-0.25, -0.2) is 17.7 Å². The molecule has 3 aromatic rings. The van der Waals surface area contributed by atoms with Crippen molar-refractivity contribution in [3.8, 4) is 11.5 Å². The van der Waals surface area contributed by atoms with E-state index in [1.807, 2.05) is 13.0 Å². The molecular weight excluding hydrogens is 438 g/mol. The first-order valence-electron chi connectivity index (χ1n) is 9.70. The molecule has 0 saturated carbocycles. The summed E-state index contributed by atoms with van der Waals surface area (Å²) in [6.07, 6.45) is 1.69. The zero-order valence-electron chi connectivity index (χ0n) is 17.8. The van der Waals surface area contributed by atoms with E-state index in [0.29, 0.717) is 34.3 Å². The lowest BCUT2D eigenvalue weighted by Crippen LogP contribution is -2.28. The number of carbonyl (C=O) groups is 1. The van der Waals surface area contributed by atoms with Gasteiger partial charge >= 0.3 is 0 Å². The fourth-order valence-corrected chi connectivity index (χ4v) is 5.05.